The minimum atomic E-state index is -0.613. The van der Waals surface area contributed by atoms with Crippen molar-refractivity contribution in [2.75, 3.05) is 0 Å². The molecule has 0 aliphatic rings. The van der Waals surface area contributed by atoms with Crippen molar-refractivity contribution in [3.05, 3.63) is 35.7 Å². The Hall–Kier alpha value is -2.37. The highest BCUT2D eigenvalue weighted by Crippen LogP contribution is 2.01. The first kappa shape index (κ1) is 10.7. The molecule has 1 aromatic rings. The van der Waals surface area contributed by atoms with E-state index >= 15 is 0 Å². The van der Waals surface area contributed by atoms with Gasteiger partial charge in [-0.05, 0) is 12.1 Å². The molecule has 1 aromatic heterocycles. The normalized spacial score (nSPS) is 8.47. The van der Waals surface area contributed by atoms with Crippen LogP contribution in [-0.2, 0) is 16.0 Å². The fourth-order valence-electron chi connectivity index (χ4n) is 0.988. The molecule has 0 atom stereocenters. The molecule has 1 amide bonds. The zero-order chi connectivity index (χ0) is 11.1. The van der Waals surface area contributed by atoms with Crippen molar-refractivity contribution in [1.29, 1.82) is 0 Å². The Bertz CT molecular complexity index is 439. The lowest BCUT2D eigenvalue weighted by Gasteiger charge is -2.00. The van der Waals surface area contributed by atoms with Crippen molar-refractivity contribution < 1.29 is 9.59 Å². The van der Waals surface area contributed by atoms with Gasteiger partial charge in [0, 0.05) is 24.4 Å². The summed E-state index contributed by atoms with van der Waals surface area (Å²) in [6.07, 6.45) is 6.58. The van der Waals surface area contributed by atoms with Crippen LogP contribution in [0.25, 0.3) is 0 Å². The maximum atomic E-state index is 11.2. The molecule has 0 unspecified atom stereocenters. The van der Waals surface area contributed by atoms with Gasteiger partial charge in [-0.25, -0.2) is 4.79 Å². The first-order valence-electron chi connectivity index (χ1n) is 4.17. The Morgan fingerprint density at radius 2 is 2.33 bits per heavy atom. The van der Waals surface area contributed by atoms with E-state index in [9.17, 15) is 9.59 Å². The van der Waals surface area contributed by atoms with Crippen LogP contribution < -0.4 is 5.32 Å². The minimum absolute atomic E-state index is 0.0633. The number of pyridine rings is 1. The fraction of sp³-hybridized carbons (Fsp3) is 0.0909. The Labute approximate surface area is 87.0 Å². The van der Waals surface area contributed by atoms with Gasteiger partial charge in [0.2, 0.25) is 0 Å². The van der Waals surface area contributed by atoms with Gasteiger partial charge in [0.15, 0.2) is 0 Å². The average Bonchev–Trinajstić information content (AvgIpc) is 2.27. The van der Waals surface area contributed by atoms with Gasteiger partial charge < -0.3 is 0 Å². The molecule has 15 heavy (non-hydrogen) atoms. The second-order valence-corrected chi connectivity index (χ2v) is 2.68. The van der Waals surface area contributed by atoms with Gasteiger partial charge >= 0.3 is 0 Å². The monoisotopic (exact) mass is 200 g/mol. The van der Waals surface area contributed by atoms with E-state index in [1.165, 1.54) is 0 Å². The van der Waals surface area contributed by atoms with Crippen LogP contribution in [-0.4, -0.2) is 16.8 Å². The molecule has 0 aliphatic carbocycles. The molecule has 0 saturated carbocycles. The number of rotatable bonds is 3. The Balaban J connectivity index is 2.77. The zero-order valence-electron chi connectivity index (χ0n) is 7.86. The van der Waals surface area contributed by atoms with Gasteiger partial charge in [0.05, 0.1) is 0 Å². The molecule has 0 spiro atoms. The van der Waals surface area contributed by atoms with Crippen LogP contribution >= 0.6 is 0 Å². The molecule has 0 radical (unpaired) electrons. The highest BCUT2D eigenvalue weighted by atomic mass is 16.2. The number of amides is 1. The van der Waals surface area contributed by atoms with Crippen LogP contribution in [0.1, 0.15) is 5.69 Å². The lowest BCUT2D eigenvalue weighted by atomic mass is 10.1. The Morgan fingerprint density at radius 3 is 2.87 bits per heavy atom. The molecule has 4 nitrogen and oxygen atoms in total. The number of hydrogen-bond donors (Lipinski definition) is 1. The van der Waals surface area contributed by atoms with E-state index in [1.807, 2.05) is 6.04 Å². The van der Waals surface area contributed by atoms with Crippen LogP contribution in [0.4, 0.5) is 0 Å². The smallest absolute Gasteiger partial charge is 0.270 e. The van der Waals surface area contributed by atoms with Gasteiger partial charge in [0.25, 0.3) is 5.91 Å². The maximum Gasteiger partial charge on any atom is 0.270 e. The molecule has 0 bridgehead atoms. The Kier molecular flexibility index (Phi) is 3.84. The number of carbonyl (C=O) groups excluding carboxylic acids is 2. The third-order valence-corrected chi connectivity index (χ3v) is 1.67. The quantitative estimate of drug-likeness (QED) is 0.325. The molecule has 0 saturated heterocycles. The van der Waals surface area contributed by atoms with Gasteiger partial charge in [-0.2, -0.15) is 0 Å². The van der Waals surface area contributed by atoms with Crippen molar-refractivity contribution in [3.8, 4) is 12.5 Å². The fourth-order valence-corrected chi connectivity index (χ4v) is 0.988. The largest absolute Gasteiger partial charge is 0.281 e. The molecule has 74 valence electrons. The molecule has 0 aliphatic heterocycles. The zero-order valence-corrected chi connectivity index (χ0v) is 7.86. The minimum Gasteiger partial charge on any atom is -0.281 e. The predicted octanol–water partition coefficient (Wildman–Crippen LogP) is 0.0890. The average molecular weight is 200 g/mol. The number of nitrogens with one attached hydrogen (secondary N) is 1. The number of nitrogens with zero attached hydrogens (tertiary/aromatic N) is 1. The molecule has 1 heterocycles. The molecular weight excluding hydrogens is 192 g/mol. The number of aromatic nitrogens is 1. The van der Waals surface area contributed by atoms with E-state index in [0.29, 0.717) is 5.69 Å². The second kappa shape index (κ2) is 5.38. The van der Waals surface area contributed by atoms with E-state index in [0.717, 1.165) is 0 Å². The lowest BCUT2D eigenvalue weighted by Crippen LogP contribution is -2.21. The van der Waals surface area contributed by atoms with Crippen LogP contribution in [0.15, 0.2) is 30.0 Å². The molecule has 1 N–H and O–H groups in total. The van der Waals surface area contributed by atoms with Gasteiger partial charge in [0.1, 0.15) is 11.5 Å². The van der Waals surface area contributed by atoms with Crippen LogP contribution in [0.5, 0.6) is 0 Å². The topological polar surface area (TPSA) is 59.1 Å². The van der Waals surface area contributed by atoms with Crippen molar-refractivity contribution >= 4 is 11.8 Å². The standard InChI is InChI=1S/C11H8N2O2/c1-2-12-11(15)9(8-14)7-10-5-3-4-6-13-10/h1,3-6H,7H2,(H,12,15). The second-order valence-electron chi connectivity index (χ2n) is 2.68. The molecule has 1 rings (SSSR count). The highest BCUT2D eigenvalue weighted by molar-refractivity contribution is 6.01. The summed E-state index contributed by atoms with van der Waals surface area (Å²) in [6.45, 7) is 0. The number of hydrogen-bond acceptors (Lipinski definition) is 3. The summed E-state index contributed by atoms with van der Waals surface area (Å²) in [5.41, 5.74) is 0.551. The van der Waals surface area contributed by atoms with E-state index in [4.69, 9.17) is 6.42 Å². The third-order valence-electron chi connectivity index (χ3n) is 1.67. The summed E-state index contributed by atoms with van der Waals surface area (Å²) in [7, 11) is 0. The van der Waals surface area contributed by atoms with E-state index in [-0.39, 0.29) is 12.0 Å². The number of carbonyl (C=O) groups is 1. The van der Waals surface area contributed by atoms with Crippen LogP contribution in [0.3, 0.4) is 0 Å². The summed E-state index contributed by atoms with van der Waals surface area (Å²) in [4.78, 5) is 25.7. The van der Waals surface area contributed by atoms with Crippen LogP contribution in [0, 0.1) is 12.5 Å². The molecule has 0 fully saturated rings. The van der Waals surface area contributed by atoms with E-state index < -0.39 is 5.91 Å². The highest BCUT2D eigenvalue weighted by Gasteiger charge is 2.10. The van der Waals surface area contributed by atoms with E-state index in [2.05, 4.69) is 10.3 Å². The molecular formula is C11H8N2O2. The summed E-state index contributed by atoms with van der Waals surface area (Å²) >= 11 is 0. The SMILES string of the molecule is C#CNC(=O)C(=C=O)Cc1ccccn1. The van der Waals surface area contributed by atoms with Gasteiger partial charge in [-0.15, -0.1) is 0 Å². The Morgan fingerprint density at radius 1 is 1.53 bits per heavy atom. The predicted molar refractivity (Wildman–Crippen MR) is 54.1 cm³/mol. The third kappa shape index (κ3) is 3.11. The molecule has 4 heteroatoms. The number of terminal acetylenes is 1. The van der Waals surface area contributed by atoms with Gasteiger partial charge in [-0.3, -0.25) is 15.1 Å². The summed E-state index contributed by atoms with van der Waals surface area (Å²) < 4.78 is 0. The maximum absolute atomic E-state index is 11.2. The van der Waals surface area contributed by atoms with Crippen molar-refractivity contribution in [2.24, 2.45) is 0 Å². The summed E-state index contributed by atoms with van der Waals surface area (Å²) in [5, 5.41) is 2.08. The van der Waals surface area contributed by atoms with Crippen LogP contribution in [0.2, 0.25) is 0 Å². The van der Waals surface area contributed by atoms with Crippen molar-refractivity contribution in [1.82, 2.24) is 10.3 Å². The van der Waals surface area contributed by atoms with Crippen molar-refractivity contribution in [2.45, 2.75) is 6.42 Å². The lowest BCUT2D eigenvalue weighted by molar-refractivity contribution is -0.116. The van der Waals surface area contributed by atoms with Gasteiger partial charge in [-0.1, -0.05) is 12.5 Å². The first-order valence-corrected chi connectivity index (χ1v) is 4.17. The van der Waals surface area contributed by atoms with Crippen molar-refractivity contribution in [3.63, 3.8) is 0 Å². The summed E-state index contributed by atoms with van der Waals surface area (Å²) in [5.74, 6) is 0.941. The summed E-state index contributed by atoms with van der Waals surface area (Å²) in [6, 6.07) is 7.17. The first-order chi connectivity index (χ1) is 7.27. The van der Waals surface area contributed by atoms with E-state index in [1.54, 1.807) is 30.3 Å². The molecule has 0 aromatic carbocycles.